The summed E-state index contributed by atoms with van der Waals surface area (Å²) >= 11 is 0. The van der Waals surface area contributed by atoms with Crippen LogP contribution in [0.15, 0.2) is 42.7 Å². The number of pyridine rings is 1. The van der Waals surface area contributed by atoms with Gasteiger partial charge >= 0.3 is 0 Å². The van der Waals surface area contributed by atoms with Crippen molar-refractivity contribution in [3.05, 3.63) is 53.9 Å². The van der Waals surface area contributed by atoms with Crippen molar-refractivity contribution < 1.29 is 19.6 Å². The maximum atomic E-state index is 11.3. The Hall–Kier alpha value is -2.36. The van der Waals surface area contributed by atoms with Crippen LogP contribution in [0, 0.1) is 0 Å². The van der Waals surface area contributed by atoms with E-state index >= 15 is 0 Å². The van der Waals surface area contributed by atoms with Gasteiger partial charge in [0.25, 0.3) is 0 Å². The molecule has 0 radical (unpaired) electrons. The first-order valence-corrected chi connectivity index (χ1v) is 5.57. The number of carbonyl (C=O) groups is 1. The molecule has 0 amide bonds. The van der Waals surface area contributed by atoms with Gasteiger partial charge in [0.2, 0.25) is 0 Å². The summed E-state index contributed by atoms with van der Waals surface area (Å²) in [6.45, 7) is 2.04. The summed E-state index contributed by atoms with van der Waals surface area (Å²) in [5.74, 6) is -0.269. The molecule has 2 aromatic rings. The van der Waals surface area contributed by atoms with Crippen molar-refractivity contribution in [3.63, 3.8) is 0 Å². The van der Waals surface area contributed by atoms with Crippen molar-refractivity contribution in [3.8, 4) is 11.5 Å². The first-order valence-electron chi connectivity index (χ1n) is 5.57. The highest BCUT2D eigenvalue weighted by Gasteiger charge is 2.08. The molecule has 0 spiro atoms. The number of phenols is 2. The minimum Gasteiger partial charge on any atom is -0.504 e. The second kappa shape index (κ2) is 4.87. The van der Waals surface area contributed by atoms with Crippen LogP contribution in [0.25, 0.3) is 0 Å². The zero-order chi connectivity index (χ0) is 13.1. The molecule has 0 atom stereocenters. The zero-order valence-electron chi connectivity index (χ0n) is 10.00. The fraction of sp³-hybridized carbons (Fsp3) is 0.143. The number of hydrogen-bond donors (Lipinski definition) is 2. The number of phenolic OH excluding ortho intramolecular Hbond substituents is 2. The van der Waals surface area contributed by atoms with Crippen LogP contribution in [0.5, 0.6) is 11.5 Å². The van der Waals surface area contributed by atoms with Crippen LogP contribution in [-0.2, 0) is 6.54 Å². The molecule has 18 heavy (non-hydrogen) atoms. The van der Waals surface area contributed by atoms with Crippen molar-refractivity contribution in [2.24, 2.45) is 0 Å². The highest BCUT2D eigenvalue weighted by atomic mass is 16.3. The summed E-state index contributed by atoms with van der Waals surface area (Å²) in [5.41, 5.74) is 1.48. The average Bonchev–Trinajstić information content (AvgIpc) is 2.34. The van der Waals surface area contributed by atoms with E-state index in [1.165, 1.54) is 19.1 Å². The van der Waals surface area contributed by atoms with Crippen LogP contribution < -0.4 is 4.57 Å². The molecule has 0 aliphatic carbocycles. The Balaban J connectivity index is 2.25. The molecule has 92 valence electrons. The molecular formula is C14H14NO3+. The highest BCUT2D eigenvalue weighted by molar-refractivity contribution is 5.93. The highest BCUT2D eigenvalue weighted by Crippen LogP contribution is 2.24. The van der Waals surface area contributed by atoms with Crippen molar-refractivity contribution >= 4 is 5.78 Å². The number of benzene rings is 1. The van der Waals surface area contributed by atoms with Gasteiger partial charge in [-0.1, -0.05) is 0 Å². The molecule has 1 aromatic heterocycles. The molecule has 0 aliphatic rings. The summed E-state index contributed by atoms with van der Waals surface area (Å²) < 4.78 is 1.85. The van der Waals surface area contributed by atoms with E-state index in [1.54, 1.807) is 24.4 Å². The van der Waals surface area contributed by atoms with Crippen LogP contribution in [-0.4, -0.2) is 16.0 Å². The predicted molar refractivity (Wildman–Crippen MR) is 65.5 cm³/mol. The van der Waals surface area contributed by atoms with Gasteiger partial charge in [0.05, 0.1) is 5.56 Å². The van der Waals surface area contributed by atoms with Crippen LogP contribution >= 0.6 is 0 Å². The number of aromatic hydroxyl groups is 2. The largest absolute Gasteiger partial charge is 0.504 e. The Morgan fingerprint density at radius 3 is 2.67 bits per heavy atom. The van der Waals surface area contributed by atoms with Crippen molar-refractivity contribution in [2.75, 3.05) is 0 Å². The number of Topliss-reactive ketones (excluding diaryl/α,β-unsaturated/α-hetero) is 1. The number of ketones is 1. The van der Waals surface area contributed by atoms with Crippen LogP contribution in [0.4, 0.5) is 0 Å². The van der Waals surface area contributed by atoms with E-state index in [4.69, 9.17) is 0 Å². The molecule has 2 rings (SSSR count). The first-order chi connectivity index (χ1) is 8.56. The lowest BCUT2D eigenvalue weighted by Crippen LogP contribution is -2.34. The number of carbonyl (C=O) groups excluding carboxylic acids is 1. The van der Waals surface area contributed by atoms with Gasteiger partial charge in [-0.2, -0.15) is 0 Å². The van der Waals surface area contributed by atoms with Gasteiger partial charge in [-0.05, 0) is 31.2 Å². The molecule has 4 nitrogen and oxygen atoms in total. The Bertz CT molecular complexity index is 593. The van der Waals surface area contributed by atoms with Gasteiger partial charge in [-0.25, -0.2) is 4.57 Å². The summed E-state index contributed by atoms with van der Waals surface area (Å²) in [6.07, 6.45) is 3.60. The predicted octanol–water partition coefficient (Wildman–Crippen LogP) is 1.64. The molecule has 0 bridgehead atoms. The normalized spacial score (nSPS) is 10.3. The number of nitrogens with zero attached hydrogens (tertiary/aromatic N) is 1. The average molecular weight is 244 g/mol. The lowest BCUT2D eigenvalue weighted by atomic mass is 10.2. The van der Waals surface area contributed by atoms with Crippen molar-refractivity contribution in [1.29, 1.82) is 0 Å². The summed E-state index contributed by atoms with van der Waals surface area (Å²) in [6, 6.07) is 8.23. The number of aromatic nitrogens is 1. The van der Waals surface area contributed by atoms with E-state index < -0.39 is 0 Å². The second-order valence-electron chi connectivity index (χ2n) is 4.14. The Morgan fingerprint density at radius 1 is 1.22 bits per heavy atom. The third-order valence-electron chi connectivity index (χ3n) is 2.67. The molecule has 2 N–H and O–H groups in total. The van der Waals surface area contributed by atoms with E-state index in [9.17, 15) is 15.0 Å². The maximum Gasteiger partial charge on any atom is 0.179 e. The standard InChI is InChI=1S/C14H13NO3/c1-10(16)12-3-2-6-15(9-12)8-11-4-5-13(17)14(18)7-11/h2-7,9H,8H2,1H3,(H-,17,18)/p+1. The van der Waals surface area contributed by atoms with Gasteiger partial charge in [-0.3, -0.25) is 4.79 Å². The lowest BCUT2D eigenvalue weighted by Gasteiger charge is -2.01. The number of hydrogen-bond acceptors (Lipinski definition) is 3. The molecule has 4 heteroatoms. The Morgan fingerprint density at radius 2 is 2.00 bits per heavy atom. The SMILES string of the molecule is CC(=O)c1ccc[n+](Cc2ccc(O)c(O)c2)c1. The molecule has 0 saturated carbocycles. The van der Waals surface area contributed by atoms with Crippen LogP contribution in [0.3, 0.4) is 0 Å². The Labute approximate surface area is 105 Å². The summed E-state index contributed by atoms with van der Waals surface area (Å²) in [4.78, 5) is 11.3. The van der Waals surface area contributed by atoms with E-state index in [-0.39, 0.29) is 17.3 Å². The molecule has 1 aromatic carbocycles. The smallest absolute Gasteiger partial charge is 0.179 e. The third kappa shape index (κ3) is 2.66. The van der Waals surface area contributed by atoms with E-state index in [0.29, 0.717) is 12.1 Å². The van der Waals surface area contributed by atoms with Gasteiger partial charge in [0.1, 0.15) is 0 Å². The molecule has 0 fully saturated rings. The van der Waals surface area contributed by atoms with Gasteiger partial charge in [0.15, 0.2) is 36.2 Å². The topological polar surface area (TPSA) is 61.4 Å². The lowest BCUT2D eigenvalue weighted by molar-refractivity contribution is -0.688. The van der Waals surface area contributed by atoms with Gasteiger partial charge in [0, 0.05) is 11.6 Å². The monoisotopic (exact) mass is 244 g/mol. The molecule has 0 saturated heterocycles. The zero-order valence-corrected chi connectivity index (χ0v) is 10.00. The molecule has 1 heterocycles. The van der Waals surface area contributed by atoms with Crippen LogP contribution in [0.1, 0.15) is 22.8 Å². The van der Waals surface area contributed by atoms with E-state index in [0.717, 1.165) is 5.56 Å². The minimum absolute atomic E-state index is 0.0119. The second-order valence-corrected chi connectivity index (χ2v) is 4.14. The maximum absolute atomic E-state index is 11.3. The van der Waals surface area contributed by atoms with E-state index in [1.807, 2.05) is 10.8 Å². The van der Waals surface area contributed by atoms with E-state index in [2.05, 4.69) is 0 Å². The Kier molecular flexibility index (Phi) is 3.28. The fourth-order valence-corrected chi connectivity index (χ4v) is 1.71. The minimum atomic E-state index is -0.143. The van der Waals surface area contributed by atoms with Gasteiger partial charge < -0.3 is 10.2 Å². The van der Waals surface area contributed by atoms with Crippen molar-refractivity contribution in [2.45, 2.75) is 13.5 Å². The summed E-state index contributed by atoms with van der Waals surface area (Å²) in [7, 11) is 0. The molecule has 0 aliphatic heterocycles. The van der Waals surface area contributed by atoms with Crippen molar-refractivity contribution in [1.82, 2.24) is 0 Å². The molecule has 0 unspecified atom stereocenters. The molecular weight excluding hydrogens is 230 g/mol. The first kappa shape index (κ1) is 12.1. The fourth-order valence-electron chi connectivity index (χ4n) is 1.71. The van der Waals surface area contributed by atoms with Crippen LogP contribution in [0.2, 0.25) is 0 Å². The third-order valence-corrected chi connectivity index (χ3v) is 2.67. The van der Waals surface area contributed by atoms with Gasteiger partial charge in [-0.15, -0.1) is 0 Å². The number of rotatable bonds is 3. The quantitative estimate of drug-likeness (QED) is 0.490. The summed E-state index contributed by atoms with van der Waals surface area (Å²) in [5, 5.41) is 18.6.